The molecule has 8 aromatic rings. The molecule has 1 heteroatoms. The third-order valence-corrected chi connectivity index (χ3v) is 11.6. The first kappa shape index (κ1) is 41.5. The number of para-hydroxylation sites is 1. The lowest BCUT2D eigenvalue weighted by atomic mass is 9.81. The fraction of sp³-hybridized carbons (Fsp3) is 0.153. The summed E-state index contributed by atoms with van der Waals surface area (Å²) in [6, 6.07) is 61.1. The van der Waals surface area contributed by atoms with E-state index in [1.165, 1.54) is 83.0 Å². The molecule has 0 saturated heterocycles. The topological polar surface area (TPSA) is 3.24 Å². The Bertz CT molecular complexity index is 2810. The van der Waals surface area contributed by atoms with Crippen LogP contribution in [0.1, 0.15) is 59.7 Å². The molecule has 0 atom stereocenters. The van der Waals surface area contributed by atoms with Gasteiger partial charge in [0.25, 0.3) is 0 Å². The molecule has 0 heterocycles. The first-order valence-electron chi connectivity index (χ1n) is 21.1. The van der Waals surface area contributed by atoms with Crippen molar-refractivity contribution in [1.82, 2.24) is 0 Å². The summed E-state index contributed by atoms with van der Waals surface area (Å²) in [7, 11) is 0. The van der Waals surface area contributed by atoms with Crippen LogP contribution in [0.25, 0.3) is 32.7 Å². The van der Waals surface area contributed by atoms with Crippen LogP contribution in [0.4, 0.5) is 17.1 Å². The van der Waals surface area contributed by atoms with Gasteiger partial charge in [0, 0.05) is 22.2 Å². The highest BCUT2D eigenvalue weighted by Crippen LogP contribution is 2.54. The van der Waals surface area contributed by atoms with Gasteiger partial charge in [-0.1, -0.05) is 201 Å². The Labute approximate surface area is 358 Å². The molecule has 1 aliphatic carbocycles. The fourth-order valence-corrected chi connectivity index (χ4v) is 8.33. The van der Waals surface area contributed by atoms with Gasteiger partial charge in [-0.2, -0.15) is 0 Å². The molecule has 0 spiro atoms. The lowest BCUT2D eigenvalue weighted by Crippen LogP contribution is -2.17. The van der Waals surface area contributed by atoms with Crippen LogP contribution in [0.15, 0.2) is 206 Å². The molecular formula is C59H57N. The second kappa shape index (κ2) is 18.5. The maximum atomic E-state index is 3.94. The van der Waals surface area contributed by atoms with E-state index in [2.05, 4.69) is 223 Å². The molecule has 298 valence electrons. The van der Waals surface area contributed by atoms with E-state index in [0.717, 1.165) is 17.7 Å². The molecule has 8 aromatic carbocycles. The number of hydrogen-bond acceptors (Lipinski definition) is 1. The highest BCUT2D eigenvalue weighted by Gasteiger charge is 2.38. The van der Waals surface area contributed by atoms with Crippen LogP contribution in [-0.2, 0) is 11.8 Å². The SMILES string of the molecule is C=C(C)/C=C\C=C/Cc1ccc(N(c2ccccc2)c2cc3c(c4ccccc24)-c2ccc(C)cc2C3(C)C)cc1C.Cc1cccc2ccccc12.Cc1ccccc1. The van der Waals surface area contributed by atoms with Gasteiger partial charge in [0.15, 0.2) is 0 Å². The normalized spacial score (nSPS) is 12.4. The Morgan fingerprint density at radius 1 is 0.550 bits per heavy atom. The first-order chi connectivity index (χ1) is 29.0. The molecule has 0 amide bonds. The summed E-state index contributed by atoms with van der Waals surface area (Å²) < 4.78 is 0. The molecule has 60 heavy (non-hydrogen) atoms. The summed E-state index contributed by atoms with van der Waals surface area (Å²) in [5.41, 5.74) is 16.6. The second-order valence-electron chi connectivity index (χ2n) is 16.6. The quantitative estimate of drug-likeness (QED) is 0.146. The minimum atomic E-state index is -0.0947. The number of hydrogen-bond donors (Lipinski definition) is 0. The van der Waals surface area contributed by atoms with Gasteiger partial charge in [-0.05, 0) is 126 Å². The van der Waals surface area contributed by atoms with E-state index in [0.29, 0.717) is 0 Å². The minimum absolute atomic E-state index is 0.0947. The number of nitrogens with zero attached hydrogens (tertiary/aromatic N) is 1. The molecule has 0 aromatic heterocycles. The Morgan fingerprint density at radius 2 is 1.20 bits per heavy atom. The van der Waals surface area contributed by atoms with Crippen LogP contribution in [0.2, 0.25) is 0 Å². The van der Waals surface area contributed by atoms with E-state index < -0.39 is 0 Å². The van der Waals surface area contributed by atoms with Crippen molar-refractivity contribution in [2.45, 2.75) is 60.3 Å². The molecule has 0 bridgehead atoms. The third kappa shape index (κ3) is 9.12. The average molecular weight is 780 g/mol. The first-order valence-corrected chi connectivity index (χ1v) is 21.1. The number of allylic oxidation sites excluding steroid dienone is 5. The summed E-state index contributed by atoms with van der Waals surface area (Å²) in [6.45, 7) is 19.3. The molecule has 0 aliphatic heterocycles. The Morgan fingerprint density at radius 3 is 1.87 bits per heavy atom. The number of rotatable bonds is 7. The summed E-state index contributed by atoms with van der Waals surface area (Å²) in [5, 5.41) is 5.25. The standard InChI is InChI=1S/C41H39N.C11H10.C7H8/c1-28(2)15-9-7-10-16-31-22-23-33(26-30(31)4)42(32-17-11-8-12-18-32)39-27-38-40(35-20-14-13-19-34(35)39)36-24-21-29(3)25-37(36)41(38,5)6;1-9-5-4-7-10-6-2-3-8-11(9)10;1-7-5-3-2-4-6-7/h7-15,17-27H,1,16H2,2-6H3;2-8H,1H3;2-6H,1H3/b10-7-,15-9-;;. The van der Waals surface area contributed by atoms with Gasteiger partial charge >= 0.3 is 0 Å². The third-order valence-electron chi connectivity index (χ3n) is 11.6. The van der Waals surface area contributed by atoms with Crippen molar-refractivity contribution in [2.24, 2.45) is 0 Å². The van der Waals surface area contributed by atoms with E-state index in [4.69, 9.17) is 0 Å². The van der Waals surface area contributed by atoms with E-state index in [-0.39, 0.29) is 5.41 Å². The van der Waals surface area contributed by atoms with E-state index in [1.54, 1.807) is 0 Å². The van der Waals surface area contributed by atoms with Crippen molar-refractivity contribution in [1.29, 1.82) is 0 Å². The van der Waals surface area contributed by atoms with Crippen LogP contribution in [-0.4, -0.2) is 0 Å². The van der Waals surface area contributed by atoms with Gasteiger partial charge in [0.1, 0.15) is 0 Å². The number of benzene rings is 8. The lowest BCUT2D eigenvalue weighted by molar-refractivity contribution is 0.660. The molecule has 0 unspecified atom stereocenters. The molecule has 0 N–H and O–H groups in total. The van der Waals surface area contributed by atoms with Gasteiger partial charge in [-0.3, -0.25) is 0 Å². The Balaban J connectivity index is 0.000000247. The summed E-state index contributed by atoms with van der Waals surface area (Å²) in [5.74, 6) is 0. The molecule has 0 radical (unpaired) electrons. The Hall–Kier alpha value is -6.70. The predicted octanol–water partition coefficient (Wildman–Crippen LogP) is 16.6. The van der Waals surface area contributed by atoms with E-state index in [9.17, 15) is 0 Å². The largest absolute Gasteiger partial charge is 0.310 e. The maximum Gasteiger partial charge on any atom is 0.0543 e. The average Bonchev–Trinajstić information content (AvgIpc) is 3.47. The predicted molar refractivity (Wildman–Crippen MR) is 262 cm³/mol. The van der Waals surface area contributed by atoms with Crippen LogP contribution in [0.5, 0.6) is 0 Å². The van der Waals surface area contributed by atoms with Gasteiger partial charge in [-0.25, -0.2) is 0 Å². The van der Waals surface area contributed by atoms with Crippen LogP contribution >= 0.6 is 0 Å². The zero-order chi connectivity index (χ0) is 42.2. The van der Waals surface area contributed by atoms with E-state index >= 15 is 0 Å². The molecule has 9 rings (SSSR count). The van der Waals surface area contributed by atoms with Gasteiger partial charge < -0.3 is 4.90 Å². The molecule has 0 saturated carbocycles. The highest BCUT2D eigenvalue weighted by molar-refractivity contribution is 6.10. The number of aryl methyl sites for hydroxylation is 4. The Kier molecular flexibility index (Phi) is 12.8. The second-order valence-corrected chi connectivity index (χ2v) is 16.6. The van der Waals surface area contributed by atoms with Gasteiger partial charge in [-0.15, -0.1) is 0 Å². The maximum absolute atomic E-state index is 3.94. The van der Waals surface area contributed by atoms with Crippen LogP contribution in [0, 0.1) is 27.7 Å². The minimum Gasteiger partial charge on any atom is -0.310 e. The van der Waals surface area contributed by atoms with Crippen LogP contribution in [0.3, 0.4) is 0 Å². The lowest BCUT2D eigenvalue weighted by Gasteiger charge is -2.30. The van der Waals surface area contributed by atoms with Crippen molar-refractivity contribution in [3.63, 3.8) is 0 Å². The summed E-state index contributed by atoms with van der Waals surface area (Å²) >= 11 is 0. The van der Waals surface area contributed by atoms with Crippen molar-refractivity contribution in [3.8, 4) is 11.1 Å². The molecule has 0 fully saturated rings. The van der Waals surface area contributed by atoms with Crippen molar-refractivity contribution < 1.29 is 0 Å². The monoisotopic (exact) mass is 779 g/mol. The van der Waals surface area contributed by atoms with Gasteiger partial charge in [0.2, 0.25) is 0 Å². The van der Waals surface area contributed by atoms with Crippen molar-refractivity contribution >= 4 is 38.6 Å². The van der Waals surface area contributed by atoms with Crippen molar-refractivity contribution in [3.05, 3.63) is 245 Å². The number of anilines is 3. The van der Waals surface area contributed by atoms with Gasteiger partial charge in [0.05, 0.1) is 5.69 Å². The smallest absolute Gasteiger partial charge is 0.0543 e. The fourth-order valence-electron chi connectivity index (χ4n) is 8.33. The highest BCUT2D eigenvalue weighted by atomic mass is 15.1. The van der Waals surface area contributed by atoms with Crippen LogP contribution < -0.4 is 4.90 Å². The number of fused-ring (bicyclic) bond motifs is 6. The summed E-state index contributed by atoms with van der Waals surface area (Å²) in [4.78, 5) is 2.44. The molecule has 1 nitrogen and oxygen atoms in total. The van der Waals surface area contributed by atoms with E-state index in [1.807, 2.05) is 31.2 Å². The molecular weight excluding hydrogens is 723 g/mol. The summed E-state index contributed by atoms with van der Waals surface area (Å²) in [6.07, 6.45) is 9.31. The molecule has 1 aliphatic rings. The zero-order valence-corrected chi connectivity index (χ0v) is 36.3. The zero-order valence-electron chi connectivity index (χ0n) is 36.3. The van der Waals surface area contributed by atoms with Crippen molar-refractivity contribution in [2.75, 3.05) is 4.90 Å².